The van der Waals surface area contributed by atoms with Crippen molar-refractivity contribution in [3.63, 3.8) is 0 Å². The molecule has 0 fully saturated rings. The molecule has 0 N–H and O–H groups in total. The molecule has 1 aromatic carbocycles. The molecule has 1 atom stereocenters. The van der Waals surface area contributed by atoms with E-state index in [1.54, 1.807) is 7.05 Å². The van der Waals surface area contributed by atoms with Gasteiger partial charge in [0.2, 0.25) is 0 Å². The number of carbonyl (C=O) groups excluding carboxylic acids is 1. The monoisotopic (exact) mass is 415 g/mol. The van der Waals surface area contributed by atoms with Gasteiger partial charge in [0, 0.05) is 7.05 Å². The van der Waals surface area contributed by atoms with Crippen molar-refractivity contribution < 1.29 is 9.53 Å². The van der Waals surface area contributed by atoms with E-state index in [2.05, 4.69) is 0 Å². The van der Waals surface area contributed by atoms with Gasteiger partial charge in [0.15, 0.2) is 5.72 Å². The highest BCUT2D eigenvalue weighted by Gasteiger charge is 2.31. The Hall–Kier alpha value is -2.71. The summed E-state index contributed by atoms with van der Waals surface area (Å²) in [6.07, 6.45) is 0.610. The van der Waals surface area contributed by atoms with Crippen LogP contribution in [0.4, 0.5) is 0 Å². The summed E-state index contributed by atoms with van der Waals surface area (Å²) in [5.41, 5.74) is -0.731. The molecule has 0 aliphatic rings. The van der Waals surface area contributed by atoms with Crippen LogP contribution < -0.4 is 11.2 Å². The van der Waals surface area contributed by atoms with Gasteiger partial charge in [-0.05, 0) is 39.1 Å². The molecule has 0 radical (unpaired) electrons. The Bertz CT molecular complexity index is 1160. The minimum Gasteiger partial charge on any atom is -0.440 e. The SMILES string of the molecule is CCC(C)(OC(=O)c1cc2c(=O)n(Cc3ccccc3)c(=O)n(C)c2s1)N(C)C. The zero-order valence-corrected chi connectivity index (χ0v) is 18.1. The molecule has 29 heavy (non-hydrogen) atoms. The predicted molar refractivity (Wildman–Crippen MR) is 115 cm³/mol. The van der Waals surface area contributed by atoms with E-state index in [1.807, 2.05) is 63.2 Å². The standard InChI is InChI=1S/C21H25N3O4S/c1-6-21(2,22(3)4)28-19(26)16-12-15-17(25)24(13-14-10-8-7-9-11-14)20(27)23(5)18(15)29-16/h7-12H,6,13H2,1-5H3. The molecule has 0 aliphatic carbocycles. The van der Waals surface area contributed by atoms with Crippen LogP contribution in [0.1, 0.15) is 35.5 Å². The first-order chi connectivity index (χ1) is 13.7. The van der Waals surface area contributed by atoms with Crippen LogP contribution in [-0.4, -0.2) is 39.8 Å². The molecule has 8 heteroatoms. The number of nitrogens with zero attached hydrogens (tertiary/aromatic N) is 3. The van der Waals surface area contributed by atoms with Gasteiger partial charge in [0.25, 0.3) is 5.56 Å². The lowest BCUT2D eigenvalue weighted by molar-refractivity contribution is -0.0873. The summed E-state index contributed by atoms with van der Waals surface area (Å²) in [4.78, 5) is 41.1. The average molecular weight is 416 g/mol. The first kappa shape index (κ1) is 21.0. The summed E-state index contributed by atoms with van der Waals surface area (Å²) in [5.74, 6) is -0.509. The van der Waals surface area contributed by atoms with Crippen LogP contribution in [0.25, 0.3) is 10.2 Å². The maximum absolute atomic E-state index is 13.0. The predicted octanol–water partition coefficient (Wildman–Crippen LogP) is 2.65. The van der Waals surface area contributed by atoms with Crippen molar-refractivity contribution in [1.82, 2.24) is 14.0 Å². The normalized spacial score (nSPS) is 13.6. The summed E-state index contributed by atoms with van der Waals surface area (Å²) in [7, 11) is 5.29. The quantitative estimate of drug-likeness (QED) is 0.457. The van der Waals surface area contributed by atoms with Gasteiger partial charge in [-0.15, -0.1) is 11.3 Å². The molecule has 2 aromatic heterocycles. The van der Waals surface area contributed by atoms with E-state index in [-0.39, 0.29) is 6.54 Å². The lowest BCUT2D eigenvalue weighted by Crippen LogP contribution is -2.44. The summed E-state index contributed by atoms with van der Waals surface area (Å²) in [6.45, 7) is 3.94. The summed E-state index contributed by atoms with van der Waals surface area (Å²) < 4.78 is 8.30. The fraction of sp³-hybridized carbons (Fsp3) is 0.381. The molecule has 0 saturated heterocycles. The molecule has 3 aromatic rings. The molecule has 0 aliphatic heterocycles. The lowest BCUT2D eigenvalue weighted by Gasteiger charge is -2.34. The third-order valence-corrected chi connectivity index (χ3v) is 6.50. The number of carbonyl (C=O) groups is 1. The fourth-order valence-corrected chi connectivity index (χ4v) is 4.00. The molecule has 0 amide bonds. The third-order valence-electron chi connectivity index (χ3n) is 5.31. The van der Waals surface area contributed by atoms with Crippen molar-refractivity contribution in [2.45, 2.75) is 32.5 Å². The first-order valence-corrected chi connectivity index (χ1v) is 10.2. The Morgan fingerprint density at radius 1 is 1.21 bits per heavy atom. The minimum absolute atomic E-state index is 0.173. The largest absolute Gasteiger partial charge is 0.440 e. The number of aryl methyl sites for hydroxylation is 1. The number of esters is 1. The Morgan fingerprint density at radius 3 is 2.45 bits per heavy atom. The number of benzene rings is 1. The Balaban J connectivity index is 2.05. The highest BCUT2D eigenvalue weighted by atomic mass is 32.1. The number of rotatable bonds is 6. The van der Waals surface area contributed by atoms with Gasteiger partial charge < -0.3 is 4.74 Å². The summed E-state index contributed by atoms with van der Waals surface area (Å²) in [6, 6.07) is 10.8. The van der Waals surface area contributed by atoms with Gasteiger partial charge in [0.1, 0.15) is 9.71 Å². The molecule has 2 heterocycles. The van der Waals surface area contributed by atoms with E-state index >= 15 is 0 Å². The van der Waals surface area contributed by atoms with E-state index in [0.29, 0.717) is 21.5 Å². The lowest BCUT2D eigenvalue weighted by atomic mass is 10.2. The highest BCUT2D eigenvalue weighted by molar-refractivity contribution is 7.20. The van der Waals surface area contributed by atoms with Crippen molar-refractivity contribution in [3.8, 4) is 0 Å². The van der Waals surface area contributed by atoms with Gasteiger partial charge in [0.05, 0.1) is 11.9 Å². The van der Waals surface area contributed by atoms with Gasteiger partial charge in [-0.3, -0.25) is 18.8 Å². The molecule has 3 rings (SSSR count). The molecule has 0 spiro atoms. The molecular weight excluding hydrogens is 390 g/mol. The number of hydrogen-bond donors (Lipinski definition) is 0. The molecule has 154 valence electrons. The van der Waals surface area contributed by atoms with E-state index in [9.17, 15) is 14.4 Å². The van der Waals surface area contributed by atoms with Gasteiger partial charge >= 0.3 is 11.7 Å². The Kier molecular flexibility index (Phi) is 5.77. The second-order valence-corrected chi connectivity index (χ2v) is 8.39. The maximum Gasteiger partial charge on any atom is 0.350 e. The number of fused-ring (bicyclic) bond motifs is 1. The van der Waals surface area contributed by atoms with Crippen molar-refractivity contribution in [2.24, 2.45) is 7.05 Å². The van der Waals surface area contributed by atoms with E-state index < -0.39 is 22.9 Å². The number of aromatic nitrogens is 2. The number of ether oxygens (including phenoxy) is 1. The number of hydrogen-bond acceptors (Lipinski definition) is 6. The van der Waals surface area contributed by atoms with Crippen LogP contribution in [0.5, 0.6) is 0 Å². The van der Waals surface area contributed by atoms with Crippen molar-refractivity contribution >= 4 is 27.5 Å². The summed E-state index contributed by atoms with van der Waals surface area (Å²) in [5, 5.41) is 0.336. The van der Waals surface area contributed by atoms with E-state index in [4.69, 9.17) is 4.74 Å². The smallest absolute Gasteiger partial charge is 0.350 e. The molecule has 7 nitrogen and oxygen atoms in total. The second-order valence-electron chi connectivity index (χ2n) is 7.36. The van der Waals surface area contributed by atoms with Gasteiger partial charge in [-0.2, -0.15) is 0 Å². The average Bonchev–Trinajstić information content (AvgIpc) is 3.16. The van der Waals surface area contributed by atoms with Crippen molar-refractivity contribution in [2.75, 3.05) is 14.1 Å². The third kappa shape index (κ3) is 3.90. The van der Waals surface area contributed by atoms with Crippen LogP contribution in [0, 0.1) is 0 Å². The van der Waals surface area contributed by atoms with Crippen LogP contribution in [-0.2, 0) is 18.3 Å². The van der Waals surface area contributed by atoms with Crippen molar-refractivity contribution in [1.29, 1.82) is 0 Å². The van der Waals surface area contributed by atoms with Crippen LogP contribution >= 0.6 is 11.3 Å². The van der Waals surface area contributed by atoms with Gasteiger partial charge in [-0.1, -0.05) is 37.3 Å². The second kappa shape index (κ2) is 7.96. The first-order valence-electron chi connectivity index (χ1n) is 9.36. The fourth-order valence-electron chi connectivity index (χ4n) is 3.02. The van der Waals surface area contributed by atoms with Crippen LogP contribution in [0.2, 0.25) is 0 Å². The zero-order chi connectivity index (χ0) is 21.3. The topological polar surface area (TPSA) is 73.5 Å². The molecular formula is C21H25N3O4S. The minimum atomic E-state index is -0.757. The molecule has 0 saturated carbocycles. The van der Waals surface area contributed by atoms with E-state index in [0.717, 1.165) is 16.9 Å². The van der Waals surface area contributed by atoms with Crippen molar-refractivity contribution in [3.05, 3.63) is 67.7 Å². The molecule has 1 unspecified atom stereocenters. The zero-order valence-electron chi connectivity index (χ0n) is 17.3. The van der Waals surface area contributed by atoms with Crippen LogP contribution in [0.15, 0.2) is 46.0 Å². The summed E-state index contributed by atoms with van der Waals surface area (Å²) >= 11 is 1.09. The Morgan fingerprint density at radius 2 is 1.86 bits per heavy atom. The maximum atomic E-state index is 13.0. The van der Waals surface area contributed by atoms with Crippen LogP contribution in [0.3, 0.4) is 0 Å². The Labute approximate surface area is 172 Å². The molecule has 0 bridgehead atoms. The highest BCUT2D eigenvalue weighted by Crippen LogP contribution is 2.26. The number of thiophene rings is 1. The van der Waals surface area contributed by atoms with Gasteiger partial charge in [-0.25, -0.2) is 9.59 Å². The van der Waals surface area contributed by atoms with E-state index in [1.165, 1.54) is 15.2 Å².